The van der Waals surface area contributed by atoms with E-state index in [9.17, 15) is 4.79 Å². The van der Waals surface area contributed by atoms with Gasteiger partial charge in [0.1, 0.15) is 0 Å². The highest BCUT2D eigenvalue weighted by Gasteiger charge is 1.71. The van der Waals surface area contributed by atoms with E-state index in [1.54, 1.807) is 0 Å². The summed E-state index contributed by atoms with van der Waals surface area (Å²) in [5.74, 6) is 0. The first-order chi connectivity index (χ1) is 4.39. The SMILES string of the molecule is CC.O=c1cc[nH]nc1. The van der Waals surface area contributed by atoms with Crippen LogP contribution in [-0.4, -0.2) is 10.2 Å². The molecule has 0 saturated carbocycles. The molecule has 0 fully saturated rings. The lowest BCUT2D eigenvalue weighted by Crippen LogP contribution is -1.96. The van der Waals surface area contributed by atoms with Gasteiger partial charge in [0.25, 0.3) is 0 Å². The van der Waals surface area contributed by atoms with E-state index in [1.165, 1.54) is 18.5 Å². The van der Waals surface area contributed by atoms with Crippen molar-refractivity contribution in [3.05, 3.63) is 28.7 Å². The van der Waals surface area contributed by atoms with Crippen molar-refractivity contribution >= 4 is 0 Å². The molecule has 3 nitrogen and oxygen atoms in total. The Morgan fingerprint density at radius 1 is 1.56 bits per heavy atom. The molecule has 0 atom stereocenters. The Morgan fingerprint density at radius 2 is 2.22 bits per heavy atom. The summed E-state index contributed by atoms with van der Waals surface area (Å²) in [5.41, 5.74) is -0.0706. The first kappa shape index (κ1) is 7.88. The Balaban J connectivity index is 0.000000291. The van der Waals surface area contributed by atoms with E-state index in [2.05, 4.69) is 10.2 Å². The smallest absolute Gasteiger partial charge is 0.200 e. The third kappa shape index (κ3) is 3.46. The van der Waals surface area contributed by atoms with Gasteiger partial charge in [-0.15, -0.1) is 0 Å². The van der Waals surface area contributed by atoms with Gasteiger partial charge in [-0.3, -0.25) is 9.89 Å². The van der Waals surface area contributed by atoms with Gasteiger partial charge >= 0.3 is 0 Å². The van der Waals surface area contributed by atoms with Crippen LogP contribution in [0.15, 0.2) is 23.3 Å². The summed E-state index contributed by atoms with van der Waals surface area (Å²) in [6, 6.07) is 1.41. The van der Waals surface area contributed by atoms with Crippen LogP contribution in [0.25, 0.3) is 0 Å². The number of aromatic amines is 1. The molecule has 50 valence electrons. The minimum atomic E-state index is -0.0706. The van der Waals surface area contributed by atoms with Crippen LogP contribution in [0.4, 0.5) is 0 Å². The summed E-state index contributed by atoms with van der Waals surface area (Å²) in [4.78, 5) is 10.2. The van der Waals surface area contributed by atoms with Crippen molar-refractivity contribution < 1.29 is 0 Å². The molecule has 0 aromatic carbocycles. The molecular formula is C6H10N2O. The average molecular weight is 126 g/mol. The molecule has 9 heavy (non-hydrogen) atoms. The van der Waals surface area contributed by atoms with Gasteiger partial charge in [-0.2, -0.15) is 5.10 Å². The molecule has 0 radical (unpaired) electrons. The van der Waals surface area contributed by atoms with Crippen molar-refractivity contribution in [2.75, 3.05) is 0 Å². The number of rotatable bonds is 0. The Morgan fingerprint density at radius 3 is 2.44 bits per heavy atom. The lowest BCUT2D eigenvalue weighted by Gasteiger charge is -1.73. The van der Waals surface area contributed by atoms with E-state index in [0.717, 1.165) is 0 Å². The molecule has 0 aliphatic rings. The molecule has 0 unspecified atom stereocenters. The van der Waals surface area contributed by atoms with Gasteiger partial charge in [0, 0.05) is 12.3 Å². The number of nitrogens with one attached hydrogen (secondary N) is 1. The van der Waals surface area contributed by atoms with Crippen molar-refractivity contribution in [3.63, 3.8) is 0 Å². The molecule has 0 aliphatic heterocycles. The maximum Gasteiger partial charge on any atom is 0.200 e. The van der Waals surface area contributed by atoms with E-state index in [-0.39, 0.29) is 5.43 Å². The molecule has 1 heterocycles. The normalized spacial score (nSPS) is 7.33. The number of hydrogen-bond donors (Lipinski definition) is 1. The van der Waals surface area contributed by atoms with Crippen LogP contribution in [0, 0.1) is 0 Å². The van der Waals surface area contributed by atoms with Gasteiger partial charge in [0.2, 0.25) is 0 Å². The summed E-state index contributed by atoms with van der Waals surface area (Å²) in [7, 11) is 0. The number of H-pyrrole nitrogens is 1. The van der Waals surface area contributed by atoms with Crippen LogP contribution in [0.3, 0.4) is 0 Å². The quantitative estimate of drug-likeness (QED) is 0.558. The number of aromatic nitrogens is 2. The summed E-state index contributed by atoms with van der Waals surface area (Å²) < 4.78 is 0. The standard InChI is InChI=1S/C4H4N2O.C2H6/c7-4-1-2-5-6-3-4;1-2/h1-3H,(H,5,7);1-2H3. The zero-order valence-corrected chi connectivity index (χ0v) is 5.59. The van der Waals surface area contributed by atoms with Crippen molar-refractivity contribution in [2.45, 2.75) is 13.8 Å². The van der Waals surface area contributed by atoms with Gasteiger partial charge in [-0.1, -0.05) is 13.8 Å². The van der Waals surface area contributed by atoms with E-state index in [1.807, 2.05) is 13.8 Å². The summed E-state index contributed by atoms with van der Waals surface area (Å²) >= 11 is 0. The Bertz CT molecular complexity index is 177. The van der Waals surface area contributed by atoms with Crippen molar-refractivity contribution in [1.29, 1.82) is 0 Å². The molecule has 3 heteroatoms. The lowest BCUT2D eigenvalue weighted by molar-refractivity contribution is 1.02. The third-order valence-electron chi connectivity index (χ3n) is 0.588. The fourth-order valence-corrected chi connectivity index (χ4v) is 0.306. The van der Waals surface area contributed by atoms with E-state index >= 15 is 0 Å². The van der Waals surface area contributed by atoms with E-state index in [4.69, 9.17) is 0 Å². The Labute approximate surface area is 53.7 Å². The van der Waals surface area contributed by atoms with Crippen LogP contribution in [0.5, 0.6) is 0 Å². The fraction of sp³-hybridized carbons (Fsp3) is 0.333. The maximum absolute atomic E-state index is 10.2. The molecule has 0 bridgehead atoms. The highest BCUT2D eigenvalue weighted by molar-refractivity contribution is 4.82. The predicted molar refractivity (Wildman–Crippen MR) is 36.2 cm³/mol. The summed E-state index contributed by atoms with van der Waals surface area (Å²) in [5, 5.41) is 5.93. The van der Waals surface area contributed by atoms with E-state index in [0.29, 0.717) is 0 Å². The summed E-state index contributed by atoms with van der Waals surface area (Å²) in [6.07, 6.45) is 2.71. The highest BCUT2D eigenvalue weighted by atomic mass is 16.1. The van der Waals surface area contributed by atoms with Gasteiger partial charge < -0.3 is 0 Å². The molecule has 1 N–H and O–H groups in total. The van der Waals surface area contributed by atoms with Crippen LogP contribution in [-0.2, 0) is 0 Å². The van der Waals surface area contributed by atoms with Crippen LogP contribution >= 0.6 is 0 Å². The van der Waals surface area contributed by atoms with Crippen molar-refractivity contribution in [2.24, 2.45) is 0 Å². The Hall–Kier alpha value is -1.12. The predicted octanol–water partition coefficient (Wildman–Crippen LogP) is 0.796. The molecule has 0 aliphatic carbocycles. The molecule has 1 rings (SSSR count). The largest absolute Gasteiger partial charge is 0.288 e. The van der Waals surface area contributed by atoms with Crippen LogP contribution in [0.1, 0.15) is 13.8 Å². The monoisotopic (exact) mass is 126 g/mol. The minimum absolute atomic E-state index is 0.0706. The highest BCUT2D eigenvalue weighted by Crippen LogP contribution is 1.57. The van der Waals surface area contributed by atoms with Crippen molar-refractivity contribution in [3.8, 4) is 0 Å². The molecular weight excluding hydrogens is 116 g/mol. The minimum Gasteiger partial charge on any atom is -0.288 e. The molecule has 0 saturated heterocycles. The fourth-order valence-electron chi connectivity index (χ4n) is 0.306. The second kappa shape index (κ2) is 5.03. The van der Waals surface area contributed by atoms with Gasteiger partial charge in [0.15, 0.2) is 5.43 Å². The third-order valence-corrected chi connectivity index (χ3v) is 0.588. The van der Waals surface area contributed by atoms with Gasteiger partial charge in [-0.25, -0.2) is 0 Å². The second-order valence-electron chi connectivity index (χ2n) is 1.12. The van der Waals surface area contributed by atoms with Gasteiger partial charge in [-0.05, 0) is 0 Å². The topological polar surface area (TPSA) is 45.8 Å². The van der Waals surface area contributed by atoms with Gasteiger partial charge in [0.05, 0.1) is 6.20 Å². The first-order valence-corrected chi connectivity index (χ1v) is 2.89. The second-order valence-corrected chi connectivity index (χ2v) is 1.12. The van der Waals surface area contributed by atoms with Crippen LogP contribution < -0.4 is 5.43 Å². The van der Waals surface area contributed by atoms with Crippen LogP contribution in [0.2, 0.25) is 0 Å². The maximum atomic E-state index is 10.2. The van der Waals surface area contributed by atoms with Crippen molar-refractivity contribution in [1.82, 2.24) is 10.2 Å². The zero-order valence-electron chi connectivity index (χ0n) is 5.59. The summed E-state index contributed by atoms with van der Waals surface area (Å²) in [6.45, 7) is 4.00. The number of hydrogen-bond acceptors (Lipinski definition) is 2. The number of nitrogens with zero attached hydrogens (tertiary/aromatic N) is 1. The first-order valence-electron chi connectivity index (χ1n) is 2.89. The molecule has 1 aromatic heterocycles. The average Bonchev–Trinajstić information content (AvgIpc) is 1.94. The molecule has 1 aromatic rings. The molecule has 0 amide bonds. The Kier molecular flexibility index (Phi) is 4.40. The lowest BCUT2D eigenvalue weighted by atomic mass is 10.6. The van der Waals surface area contributed by atoms with E-state index < -0.39 is 0 Å². The zero-order chi connectivity index (χ0) is 7.11. The molecule has 0 spiro atoms.